The van der Waals surface area contributed by atoms with Crippen LogP contribution in [-0.4, -0.2) is 37.3 Å². The Balaban J connectivity index is 0.00000420. The molecule has 2 N–H and O–H groups in total. The van der Waals surface area contributed by atoms with Crippen LogP contribution in [0, 0.1) is 0 Å². The van der Waals surface area contributed by atoms with Crippen molar-refractivity contribution in [3.05, 3.63) is 64.7 Å². The molecule has 0 aliphatic heterocycles. The van der Waals surface area contributed by atoms with Gasteiger partial charge in [0.25, 0.3) is 0 Å². The molecule has 2 aromatic carbocycles. The van der Waals surface area contributed by atoms with E-state index in [0.29, 0.717) is 42.5 Å². The third-order valence-electron chi connectivity index (χ3n) is 4.16. The summed E-state index contributed by atoms with van der Waals surface area (Å²) < 4.78 is 11.0. The molecule has 0 heterocycles. The van der Waals surface area contributed by atoms with Gasteiger partial charge in [-0.1, -0.05) is 42.8 Å². The zero-order valence-corrected chi connectivity index (χ0v) is 18.4. The lowest BCUT2D eigenvalue weighted by Gasteiger charge is -2.25. The van der Waals surface area contributed by atoms with Crippen LogP contribution in [-0.2, 0) is 21.7 Å². The average Bonchev–Trinajstić information content (AvgIpc) is 2.67. The van der Waals surface area contributed by atoms with Gasteiger partial charge in [0.1, 0.15) is 24.7 Å². The first-order valence-corrected chi connectivity index (χ1v) is 9.83. The highest BCUT2D eigenvalue weighted by atomic mass is 35.5. The van der Waals surface area contributed by atoms with E-state index in [1.807, 2.05) is 37.3 Å². The number of aliphatic hydroxyl groups is 1. The summed E-state index contributed by atoms with van der Waals surface area (Å²) in [5.41, 5.74) is 0.426. The number of rotatable bonds is 12. The van der Waals surface area contributed by atoms with Crippen molar-refractivity contribution in [3.63, 3.8) is 0 Å². The largest absolute Gasteiger partial charge is 0.492 e. The van der Waals surface area contributed by atoms with Gasteiger partial charge in [-0.05, 0) is 48.7 Å². The first kappa shape index (κ1) is 25.4. The van der Waals surface area contributed by atoms with Crippen LogP contribution in [0.2, 0.25) is 5.02 Å². The fraction of sp³-hybridized carbons (Fsp3) is 0.409. The molecule has 0 radical (unpaired) electrons. The maximum absolute atomic E-state index is 11.8. The summed E-state index contributed by atoms with van der Waals surface area (Å²) >= 11 is 5.98. The van der Waals surface area contributed by atoms with Gasteiger partial charge in [-0.25, -0.2) is 0 Å². The third kappa shape index (κ3) is 9.15. The normalized spacial score (nSPS) is 12.7. The highest BCUT2D eigenvalue weighted by molar-refractivity contribution is 6.30. The van der Waals surface area contributed by atoms with Gasteiger partial charge < -0.3 is 14.6 Å². The zero-order chi connectivity index (χ0) is 20.4. The summed E-state index contributed by atoms with van der Waals surface area (Å²) in [5, 5.41) is 14.2. The Labute approximate surface area is 183 Å². The lowest BCUT2D eigenvalue weighted by molar-refractivity contribution is -0.122. The minimum atomic E-state index is -1.20. The van der Waals surface area contributed by atoms with Crippen molar-refractivity contribution in [1.82, 2.24) is 5.32 Å². The van der Waals surface area contributed by atoms with Crippen molar-refractivity contribution >= 4 is 29.8 Å². The molecule has 2 rings (SSSR count). The summed E-state index contributed by atoms with van der Waals surface area (Å²) in [5.74, 6) is 0.775. The minimum absolute atomic E-state index is 0. The van der Waals surface area contributed by atoms with E-state index in [2.05, 4.69) is 5.32 Å². The second-order valence-corrected chi connectivity index (χ2v) is 7.21. The van der Waals surface area contributed by atoms with Gasteiger partial charge >= 0.3 is 0 Å². The van der Waals surface area contributed by atoms with Crippen LogP contribution < -0.4 is 10.1 Å². The van der Waals surface area contributed by atoms with Gasteiger partial charge in [0, 0.05) is 24.6 Å². The number of Topliss-reactive ketones (excluding diaryl/α,β-unsaturated/α-hetero) is 1. The van der Waals surface area contributed by atoms with Crippen LogP contribution in [0.1, 0.15) is 31.4 Å². The average molecular weight is 442 g/mol. The molecule has 0 aliphatic carbocycles. The molecule has 0 aliphatic rings. The second kappa shape index (κ2) is 12.8. The molecule has 0 fully saturated rings. The van der Waals surface area contributed by atoms with Gasteiger partial charge in [0.15, 0.2) is 5.78 Å². The van der Waals surface area contributed by atoms with E-state index in [-0.39, 0.29) is 24.8 Å². The summed E-state index contributed by atoms with van der Waals surface area (Å²) in [6.07, 6.45) is 1.26. The van der Waals surface area contributed by atoms with Crippen LogP contribution in [0.4, 0.5) is 0 Å². The number of carbonyl (C=O) groups excluding carboxylic acids is 1. The highest BCUT2D eigenvalue weighted by Crippen LogP contribution is 2.21. The Morgan fingerprint density at radius 1 is 1.17 bits per heavy atom. The van der Waals surface area contributed by atoms with Crippen molar-refractivity contribution in [2.75, 3.05) is 26.4 Å². The summed E-state index contributed by atoms with van der Waals surface area (Å²) in [4.78, 5) is 11.8. The van der Waals surface area contributed by atoms with Crippen molar-refractivity contribution in [1.29, 1.82) is 0 Å². The fourth-order valence-corrected chi connectivity index (χ4v) is 2.86. The predicted molar refractivity (Wildman–Crippen MR) is 118 cm³/mol. The molecule has 0 bridgehead atoms. The highest BCUT2D eigenvalue weighted by Gasteiger charge is 2.22. The summed E-state index contributed by atoms with van der Waals surface area (Å²) in [6.45, 7) is 5.29. The molecule has 1 unspecified atom stereocenters. The SMILES string of the molecule is CCCOCC(=O)Cc1ccc(OCCNC(C)(O)c2cccc(Cl)c2)cc1.Cl. The molecule has 29 heavy (non-hydrogen) atoms. The number of hydrogen-bond donors (Lipinski definition) is 2. The van der Waals surface area contributed by atoms with Crippen molar-refractivity contribution in [2.45, 2.75) is 32.4 Å². The smallest absolute Gasteiger partial charge is 0.162 e. The molecule has 7 heteroatoms. The van der Waals surface area contributed by atoms with E-state index in [1.54, 1.807) is 25.1 Å². The third-order valence-corrected chi connectivity index (χ3v) is 4.40. The van der Waals surface area contributed by atoms with Gasteiger partial charge in [0.05, 0.1) is 0 Å². The molecule has 0 spiro atoms. The maximum atomic E-state index is 11.8. The predicted octanol–water partition coefficient (Wildman–Crippen LogP) is 4.13. The Kier molecular flexibility index (Phi) is 11.2. The van der Waals surface area contributed by atoms with Crippen molar-refractivity contribution in [3.8, 4) is 5.75 Å². The minimum Gasteiger partial charge on any atom is -0.492 e. The topological polar surface area (TPSA) is 67.8 Å². The molecular formula is C22H29Cl2NO4. The maximum Gasteiger partial charge on any atom is 0.162 e. The first-order valence-electron chi connectivity index (χ1n) is 9.45. The van der Waals surface area contributed by atoms with Gasteiger partial charge in [-0.15, -0.1) is 12.4 Å². The fourth-order valence-electron chi connectivity index (χ4n) is 2.67. The number of carbonyl (C=O) groups is 1. The Bertz CT molecular complexity index is 751. The van der Waals surface area contributed by atoms with Crippen molar-refractivity contribution in [2.24, 2.45) is 0 Å². The number of ketones is 1. The lowest BCUT2D eigenvalue weighted by Crippen LogP contribution is -2.41. The Morgan fingerprint density at radius 2 is 1.90 bits per heavy atom. The standard InChI is InChI=1S/C22H28ClNO4.ClH/c1-3-12-27-16-20(25)14-17-7-9-21(10-8-17)28-13-11-24-22(2,26)18-5-4-6-19(23)15-18;/h4-10,15,24,26H,3,11-14,16H2,1-2H3;1H. The van der Waals surface area contributed by atoms with Crippen molar-refractivity contribution < 1.29 is 19.4 Å². The molecule has 0 saturated heterocycles. The van der Waals surface area contributed by atoms with Gasteiger partial charge in [0.2, 0.25) is 0 Å². The van der Waals surface area contributed by atoms with Crippen LogP contribution in [0.25, 0.3) is 0 Å². The van der Waals surface area contributed by atoms with Crippen LogP contribution in [0.3, 0.4) is 0 Å². The van der Waals surface area contributed by atoms with E-state index in [0.717, 1.165) is 12.0 Å². The number of nitrogens with one attached hydrogen (secondary N) is 1. The van der Waals surface area contributed by atoms with E-state index >= 15 is 0 Å². The molecule has 2 aromatic rings. The quantitative estimate of drug-likeness (QED) is 0.382. The molecule has 0 aromatic heterocycles. The molecule has 1 atom stereocenters. The monoisotopic (exact) mass is 441 g/mol. The lowest BCUT2D eigenvalue weighted by atomic mass is 10.1. The van der Waals surface area contributed by atoms with E-state index in [4.69, 9.17) is 21.1 Å². The first-order chi connectivity index (χ1) is 13.4. The summed E-state index contributed by atoms with van der Waals surface area (Å²) in [7, 11) is 0. The molecule has 0 amide bonds. The van der Waals surface area contributed by atoms with E-state index in [9.17, 15) is 9.90 Å². The van der Waals surface area contributed by atoms with Crippen LogP contribution in [0.5, 0.6) is 5.75 Å². The Morgan fingerprint density at radius 3 is 2.55 bits per heavy atom. The molecule has 160 valence electrons. The molecule has 5 nitrogen and oxygen atoms in total. The number of benzene rings is 2. The molecule has 0 saturated carbocycles. The second-order valence-electron chi connectivity index (χ2n) is 6.77. The zero-order valence-electron chi connectivity index (χ0n) is 16.8. The van der Waals surface area contributed by atoms with Gasteiger partial charge in [-0.2, -0.15) is 0 Å². The van der Waals surface area contributed by atoms with Gasteiger partial charge in [-0.3, -0.25) is 10.1 Å². The van der Waals surface area contributed by atoms with Crippen LogP contribution in [0.15, 0.2) is 48.5 Å². The van der Waals surface area contributed by atoms with E-state index < -0.39 is 5.72 Å². The number of halogens is 2. The Hall–Kier alpha value is -1.63. The number of hydrogen-bond acceptors (Lipinski definition) is 5. The van der Waals surface area contributed by atoms with E-state index in [1.165, 1.54) is 0 Å². The van der Waals surface area contributed by atoms with Crippen LogP contribution >= 0.6 is 24.0 Å². The summed E-state index contributed by atoms with van der Waals surface area (Å²) in [6, 6.07) is 14.5. The molecular weight excluding hydrogens is 413 g/mol. The number of ether oxygens (including phenoxy) is 2.